The highest BCUT2D eigenvalue weighted by molar-refractivity contribution is 6.04. The Morgan fingerprint density at radius 3 is 1.55 bits per heavy atom. The van der Waals surface area contributed by atoms with Crippen LogP contribution >= 0.6 is 0 Å². The van der Waals surface area contributed by atoms with E-state index in [0.29, 0.717) is 5.71 Å². The van der Waals surface area contributed by atoms with Crippen molar-refractivity contribution in [3.63, 3.8) is 0 Å². The highest BCUT2D eigenvalue weighted by Gasteiger charge is 2.16. The summed E-state index contributed by atoms with van der Waals surface area (Å²) in [5.74, 6) is 0. The lowest BCUT2D eigenvalue weighted by Gasteiger charge is -2.26. The molecule has 0 aliphatic carbocycles. The number of anilines is 3. The average Bonchev–Trinajstić information content (AvgIpc) is 3.69. The SMILES string of the molecule is c1ccc2c(c1)oc1nc(-c3ccc(N(c4ccc5cc(-c6cnc7cnccc7c6)ccc5c4)c4ccc5cc(-c6cnc7cnccc7c6)ccc5c4)cc3)ccc12. The summed E-state index contributed by atoms with van der Waals surface area (Å²) in [4.78, 5) is 25.0. The van der Waals surface area contributed by atoms with E-state index in [1.807, 2.05) is 55.1 Å². The van der Waals surface area contributed by atoms with Gasteiger partial charge in [0.15, 0.2) is 0 Å². The summed E-state index contributed by atoms with van der Waals surface area (Å²) in [6.45, 7) is 0. The molecule has 6 heterocycles. The zero-order valence-electron chi connectivity index (χ0n) is 32.1. The number of benzene rings is 6. The first-order chi connectivity index (χ1) is 29.7. The fraction of sp³-hybridized carbons (Fsp3) is 0. The molecule has 6 aromatic carbocycles. The second-order valence-electron chi connectivity index (χ2n) is 15.1. The fourth-order valence-electron chi connectivity index (χ4n) is 8.36. The van der Waals surface area contributed by atoms with E-state index in [9.17, 15) is 0 Å². The Labute approximate surface area is 343 Å². The predicted octanol–water partition coefficient (Wildman–Crippen LogP) is 13.6. The summed E-state index contributed by atoms with van der Waals surface area (Å²) in [5, 5.41) is 8.82. The van der Waals surface area contributed by atoms with Gasteiger partial charge in [-0.2, -0.15) is 0 Å². The van der Waals surface area contributed by atoms with Crippen LogP contribution in [-0.4, -0.2) is 24.9 Å². The van der Waals surface area contributed by atoms with Crippen molar-refractivity contribution in [2.24, 2.45) is 0 Å². The van der Waals surface area contributed by atoms with E-state index in [-0.39, 0.29) is 0 Å². The van der Waals surface area contributed by atoms with Gasteiger partial charge in [-0.15, -0.1) is 0 Å². The Morgan fingerprint density at radius 1 is 0.383 bits per heavy atom. The summed E-state index contributed by atoms with van der Waals surface area (Å²) in [6.07, 6.45) is 11.1. The van der Waals surface area contributed by atoms with Gasteiger partial charge < -0.3 is 9.32 Å². The first-order valence-electron chi connectivity index (χ1n) is 19.8. The average molecular weight is 769 g/mol. The van der Waals surface area contributed by atoms with Gasteiger partial charge in [-0.25, -0.2) is 4.98 Å². The molecule has 6 aromatic heterocycles. The van der Waals surface area contributed by atoms with Crippen LogP contribution < -0.4 is 4.90 Å². The van der Waals surface area contributed by atoms with E-state index < -0.39 is 0 Å². The Kier molecular flexibility index (Phi) is 7.71. The summed E-state index contributed by atoms with van der Waals surface area (Å²) in [7, 11) is 0. The van der Waals surface area contributed by atoms with Gasteiger partial charge in [-0.05, 0) is 124 Å². The van der Waals surface area contributed by atoms with E-state index >= 15 is 0 Å². The number of nitrogens with zero attached hydrogens (tertiary/aromatic N) is 6. The second kappa shape index (κ2) is 13.7. The first kappa shape index (κ1) is 33.8. The minimum Gasteiger partial charge on any atom is -0.438 e. The van der Waals surface area contributed by atoms with Gasteiger partial charge in [0.25, 0.3) is 0 Å². The quantitative estimate of drug-likeness (QED) is 0.167. The van der Waals surface area contributed by atoms with E-state index in [1.54, 1.807) is 12.4 Å². The molecule has 0 fully saturated rings. The first-order valence-corrected chi connectivity index (χ1v) is 19.8. The van der Waals surface area contributed by atoms with Crippen LogP contribution in [0.4, 0.5) is 17.1 Å². The number of pyridine rings is 5. The van der Waals surface area contributed by atoms with Crippen molar-refractivity contribution < 1.29 is 4.42 Å². The van der Waals surface area contributed by atoms with Gasteiger partial charge in [-0.1, -0.05) is 66.7 Å². The van der Waals surface area contributed by atoms with Crippen LogP contribution in [0.25, 0.3) is 98.9 Å². The zero-order valence-corrected chi connectivity index (χ0v) is 32.1. The van der Waals surface area contributed by atoms with E-state index in [4.69, 9.17) is 9.40 Å². The number of para-hydroxylation sites is 1. The number of hydrogen-bond donors (Lipinski definition) is 0. The van der Waals surface area contributed by atoms with Gasteiger partial charge in [0.05, 0.1) is 29.1 Å². The van der Waals surface area contributed by atoms with Crippen LogP contribution in [-0.2, 0) is 0 Å². The maximum absolute atomic E-state index is 6.13. The smallest absolute Gasteiger partial charge is 0.227 e. The maximum atomic E-state index is 6.13. The fourth-order valence-corrected chi connectivity index (χ4v) is 8.36. The van der Waals surface area contributed by atoms with Crippen LogP contribution in [0.5, 0.6) is 0 Å². The second-order valence-corrected chi connectivity index (χ2v) is 15.1. The lowest BCUT2D eigenvalue weighted by molar-refractivity contribution is 0.654. The minimum atomic E-state index is 0.640. The molecule has 0 N–H and O–H groups in total. The number of fused-ring (bicyclic) bond motifs is 7. The van der Waals surface area contributed by atoms with Crippen LogP contribution in [0.3, 0.4) is 0 Å². The number of furan rings is 1. The van der Waals surface area contributed by atoms with Crippen LogP contribution in [0, 0.1) is 0 Å². The summed E-state index contributed by atoms with van der Waals surface area (Å²) in [5.41, 5.74) is 12.6. The molecule has 0 spiro atoms. The van der Waals surface area contributed by atoms with Crippen molar-refractivity contribution in [3.05, 3.63) is 195 Å². The summed E-state index contributed by atoms with van der Waals surface area (Å²) >= 11 is 0. The molecule has 0 aliphatic rings. The summed E-state index contributed by atoms with van der Waals surface area (Å²) < 4.78 is 6.13. The molecule has 0 bridgehead atoms. The van der Waals surface area contributed by atoms with Crippen LogP contribution in [0.15, 0.2) is 199 Å². The molecule has 60 heavy (non-hydrogen) atoms. The highest BCUT2D eigenvalue weighted by atomic mass is 16.3. The third-order valence-electron chi connectivity index (χ3n) is 11.5. The van der Waals surface area contributed by atoms with Gasteiger partial charge >= 0.3 is 0 Å². The van der Waals surface area contributed by atoms with Crippen molar-refractivity contribution in [1.82, 2.24) is 24.9 Å². The molecule has 7 heteroatoms. The van der Waals surface area contributed by atoms with Crippen molar-refractivity contribution in [3.8, 4) is 33.5 Å². The van der Waals surface area contributed by atoms with Crippen LogP contribution in [0.1, 0.15) is 0 Å². The van der Waals surface area contributed by atoms with Gasteiger partial charge in [-0.3, -0.25) is 19.9 Å². The Bertz CT molecular complexity index is 3470. The maximum Gasteiger partial charge on any atom is 0.227 e. The molecule has 0 amide bonds. The Hall–Kier alpha value is -8.29. The normalized spacial score (nSPS) is 11.7. The van der Waals surface area contributed by atoms with Crippen molar-refractivity contribution in [1.29, 1.82) is 0 Å². The van der Waals surface area contributed by atoms with E-state index in [0.717, 1.165) is 110 Å². The Balaban J connectivity index is 0.935. The van der Waals surface area contributed by atoms with Crippen molar-refractivity contribution in [2.75, 3.05) is 4.90 Å². The van der Waals surface area contributed by atoms with Crippen molar-refractivity contribution in [2.45, 2.75) is 0 Å². The molecule has 0 radical (unpaired) electrons. The third-order valence-corrected chi connectivity index (χ3v) is 11.5. The largest absolute Gasteiger partial charge is 0.438 e. The van der Waals surface area contributed by atoms with Gasteiger partial charge in [0.2, 0.25) is 5.71 Å². The third kappa shape index (κ3) is 5.87. The van der Waals surface area contributed by atoms with E-state index in [2.05, 4.69) is 152 Å². The predicted molar refractivity (Wildman–Crippen MR) is 244 cm³/mol. The van der Waals surface area contributed by atoms with E-state index in [1.165, 1.54) is 0 Å². The lowest BCUT2D eigenvalue weighted by atomic mass is 10.00. The molecule has 12 aromatic rings. The highest BCUT2D eigenvalue weighted by Crippen LogP contribution is 2.40. The lowest BCUT2D eigenvalue weighted by Crippen LogP contribution is -2.10. The summed E-state index contributed by atoms with van der Waals surface area (Å²) in [6, 6.07) is 55.8. The molecule has 0 aliphatic heterocycles. The molecular weight excluding hydrogens is 737 g/mol. The molecule has 7 nitrogen and oxygen atoms in total. The standard InChI is InChI=1S/C53H32N6O/c1-2-4-52-47(3-1)48-17-18-49(58-53(48)60-52)33-9-13-44(14-10-33)59(45-15-11-34-23-36(5-7-38(34)27-45)42-25-40-19-21-54-31-50(40)56-29-42)46-16-12-35-24-37(6-8-39(35)28-46)43-26-41-20-22-55-32-51(41)57-30-43/h1-32H. The monoisotopic (exact) mass is 768 g/mol. The van der Waals surface area contributed by atoms with Crippen LogP contribution in [0.2, 0.25) is 0 Å². The number of rotatable bonds is 6. The molecule has 280 valence electrons. The Morgan fingerprint density at radius 2 is 0.917 bits per heavy atom. The minimum absolute atomic E-state index is 0.640. The molecule has 12 rings (SSSR count). The molecular formula is C53H32N6O. The molecule has 0 unspecified atom stereocenters. The molecule has 0 saturated carbocycles. The van der Waals surface area contributed by atoms with Gasteiger partial charge in [0.1, 0.15) is 5.58 Å². The number of hydrogen-bond acceptors (Lipinski definition) is 7. The topological polar surface area (TPSA) is 80.8 Å². The van der Waals surface area contributed by atoms with Gasteiger partial charge in [0, 0.05) is 80.1 Å². The number of aromatic nitrogens is 5. The molecule has 0 saturated heterocycles. The zero-order chi connectivity index (χ0) is 39.6. The molecule has 0 atom stereocenters. The van der Waals surface area contributed by atoms with Crippen molar-refractivity contribution >= 4 is 82.5 Å².